The molecule has 12 rings (SSSR count). The molecule has 0 bridgehead atoms. The van der Waals surface area contributed by atoms with Crippen molar-refractivity contribution >= 4 is 52.0 Å². The van der Waals surface area contributed by atoms with Crippen LogP contribution in [0, 0.1) is 11.3 Å². The normalized spacial score (nSPS) is 23.4. The van der Waals surface area contributed by atoms with Gasteiger partial charge in [0.1, 0.15) is 35.2 Å². The Kier molecular flexibility index (Phi) is 16.0. The second-order valence-electron chi connectivity index (χ2n) is 19.5. The number of rotatable bonds is 6. The van der Waals surface area contributed by atoms with Gasteiger partial charge in [-0.3, -0.25) is 0 Å². The smallest absolute Gasteiger partial charge is 0.488 e. The molecule has 6 aromatic carbocycles. The third-order valence-electron chi connectivity index (χ3n) is 14.8. The summed E-state index contributed by atoms with van der Waals surface area (Å²) in [5.41, 5.74) is 20.4. The van der Waals surface area contributed by atoms with Crippen LogP contribution in [0.4, 0.5) is 0 Å². The van der Waals surface area contributed by atoms with Crippen LogP contribution in [0.25, 0.3) is 11.1 Å². The Morgan fingerprint density at radius 1 is 0.697 bits per heavy atom. The summed E-state index contributed by atoms with van der Waals surface area (Å²) in [4.78, 5) is 22.2. The molecule has 6 unspecified atom stereocenters. The van der Waals surface area contributed by atoms with E-state index in [1.807, 2.05) is 48.5 Å². The zero-order valence-electron chi connectivity index (χ0n) is 42.1. The van der Waals surface area contributed by atoms with Gasteiger partial charge in [-0.15, -0.1) is 0 Å². The minimum atomic E-state index is -1.58. The molecule has 6 N–H and O–H groups in total. The maximum absolute atomic E-state index is 8.85. The van der Waals surface area contributed by atoms with Gasteiger partial charge in [0, 0.05) is 48.3 Å². The SMILES string of the molecule is C.CN1OC2(CC(C3CCCc4ccccc43)Oc3ccc(Br)cc32)N=C1N.COc1cc(C#N)cc(B(O)O)c1.COc1cc(Cl)cc(-c2ccc3c(c2)C2(CC(C4CCCc5ccccc54)O3)N=C(N)N(C)O2)c1. The number of fused-ring (bicyclic) bond motifs is 6. The lowest BCUT2D eigenvalue weighted by atomic mass is 9.76. The van der Waals surface area contributed by atoms with Gasteiger partial charge in [-0.2, -0.15) is 5.26 Å². The molecule has 6 aliphatic rings. The van der Waals surface area contributed by atoms with Crippen molar-refractivity contribution in [1.29, 1.82) is 5.26 Å². The molecule has 6 aromatic rings. The Bertz CT molecular complexity index is 3230. The average Bonchev–Trinajstić information content (AvgIpc) is 3.89. The fourth-order valence-electron chi connectivity index (χ4n) is 11.3. The van der Waals surface area contributed by atoms with Crippen molar-refractivity contribution in [3.63, 3.8) is 0 Å². The molecule has 4 aliphatic heterocycles. The topological polar surface area (TPSA) is 203 Å². The second-order valence-corrected chi connectivity index (χ2v) is 20.9. The first-order valence-corrected chi connectivity index (χ1v) is 26.2. The summed E-state index contributed by atoms with van der Waals surface area (Å²) in [6.07, 6.45) is 7.87. The largest absolute Gasteiger partial charge is 0.497 e. The Morgan fingerprint density at radius 3 is 1.74 bits per heavy atom. The van der Waals surface area contributed by atoms with Gasteiger partial charge >= 0.3 is 7.12 Å². The first kappa shape index (κ1) is 54.0. The summed E-state index contributed by atoms with van der Waals surface area (Å²) in [6.45, 7) is 0. The lowest BCUT2D eigenvalue weighted by Gasteiger charge is -2.41. The second kappa shape index (κ2) is 22.4. The highest BCUT2D eigenvalue weighted by Gasteiger charge is 2.52. The Morgan fingerprint density at radius 2 is 1.22 bits per heavy atom. The van der Waals surface area contributed by atoms with Crippen molar-refractivity contribution in [3.8, 4) is 40.2 Å². The van der Waals surface area contributed by atoms with Crippen LogP contribution in [-0.4, -0.2) is 79.7 Å². The number of aliphatic imine (C=N–C) groups is 2. The van der Waals surface area contributed by atoms with Crippen LogP contribution in [0.1, 0.15) is 96.7 Å². The number of halogens is 2. The Labute approximate surface area is 457 Å². The van der Waals surface area contributed by atoms with E-state index < -0.39 is 18.6 Å². The van der Waals surface area contributed by atoms with Gasteiger partial charge < -0.3 is 40.5 Å². The highest BCUT2D eigenvalue weighted by molar-refractivity contribution is 9.10. The van der Waals surface area contributed by atoms with E-state index in [1.165, 1.54) is 54.0 Å². The van der Waals surface area contributed by atoms with E-state index in [-0.39, 0.29) is 31.0 Å². The quantitative estimate of drug-likeness (QED) is 0.115. The number of benzene rings is 6. The zero-order valence-corrected chi connectivity index (χ0v) is 44.4. The van der Waals surface area contributed by atoms with Crippen LogP contribution >= 0.6 is 27.5 Å². The van der Waals surface area contributed by atoms with Crippen molar-refractivity contribution in [2.75, 3.05) is 28.3 Å². The zero-order chi connectivity index (χ0) is 52.6. The maximum Gasteiger partial charge on any atom is 0.488 e. The minimum Gasteiger partial charge on any atom is -0.497 e. The van der Waals surface area contributed by atoms with E-state index in [0.717, 1.165) is 70.3 Å². The number of hydrogen-bond acceptors (Lipinski definition) is 15. The van der Waals surface area contributed by atoms with Crippen LogP contribution in [0.3, 0.4) is 0 Å². The molecule has 15 nitrogen and oxygen atoms in total. The van der Waals surface area contributed by atoms with Crippen LogP contribution in [0.15, 0.2) is 136 Å². The number of methoxy groups -OCH3 is 2. The standard InChI is InChI=1S/C28H28ClN3O3.C21H22BrN3O2.C8H8BNO3.CH4/c1-32-27(30)31-28(35-32)16-26(23-9-5-7-17-6-3-4-8-22(17)23)34-25-11-10-18(14-24(25)28)19-12-20(29)15-21(13-19)33-2;1-25-20(23)24-21(27-25)12-19(26-18-10-9-14(22)11-17(18)21)16-8-4-6-13-5-2-3-7-15(13)16;1-13-8-3-6(5-10)2-7(4-8)9(11)12;/h3-4,6,8,10-15,23,26H,5,7,9,16H2,1-2H3,(H2,30,31);2-3,5,7,9-11,16,19H,4,6,8,12H2,1H3,(H2,23,24);2-4,11-12H,1H3;1H4. The van der Waals surface area contributed by atoms with E-state index >= 15 is 0 Å². The molecule has 4 heterocycles. The summed E-state index contributed by atoms with van der Waals surface area (Å²) >= 11 is 9.91. The van der Waals surface area contributed by atoms with Crippen molar-refractivity contribution in [2.24, 2.45) is 21.5 Å². The van der Waals surface area contributed by atoms with Crippen LogP contribution in [0.2, 0.25) is 5.02 Å². The van der Waals surface area contributed by atoms with Gasteiger partial charge in [0.2, 0.25) is 23.4 Å². The molecule has 0 radical (unpaired) electrons. The average molecular weight is 1110 g/mol. The Balaban J connectivity index is 0.000000152. The molecule has 0 amide bonds. The molecule has 2 aliphatic carbocycles. The predicted molar refractivity (Wildman–Crippen MR) is 298 cm³/mol. The number of nitrogens with zero attached hydrogens (tertiary/aromatic N) is 5. The fraction of sp³-hybridized carbons (Fsp3) is 0.328. The first-order valence-electron chi connectivity index (χ1n) is 25.0. The molecule has 2 spiro atoms. The molecule has 0 saturated carbocycles. The number of hydroxylamine groups is 4. The van der Waals surface area contributed by atoms with E-state index in [1.54, 1.807) is 37.4 Å². The fourth-order valence-corrected chi connectivity index (χ4v) is 11.9. The third kappa shape index (κ3) is 10.8. The molecule has 18 heteroatoms. The van der Waals surface area contributed by atoms with Gasteiger partial charge in [-0.05, 0) is 144 Å². The van der Waals surface area contributed by atoms with Gasteiger partial charge in [0.25, 0.3) is 0 Å². The van der Waals surface area contributed by atoms with E-state index in [2.05, 4.69) is 70.5 Å². The summed E-state index contributed by atoms with van der Waals surface area (Å²) in [5.74, 6) is 4.08. The molecule has 76 heavy (non-hydrogen) atoms. The van der Waals surface area contributed by atoms with Gasteiger partial charge in [0.05, 0.1) is 37.0 Å². The lowest BCUT2D eigenvalue weighted by molar-refractivity contribution is -0.192. The highest BCUT2D eigenvalue weighted by Crippen LogP contribution is 2.53. The van der Waals surface area contributed by atoms with Crippen molar-refractivity contribution in [1.82, 2.24) is 10.1 Å². The van der Waals surface area contributed by atoms with Crippen LogP contribution in [0.5, 0.6) is 23.0 Å². The van der Waals surface area contributed by atoms with E-state index in [9.17, 15) is 0 Å². The lowest BCUT2D eigenvalue weighted by Crippen LogP contribution is -2.42. The van der Waals surface area contributed by atoms with Gasteiger partial charge in [-0.1, -0.05) is 89.6 Å². The van der Waals surface area contributed by atoms with E-state index in [0.29, 0.717) is 52.8 Å². The number of nitrogens with two attached hydrogens (primary N) is 2. The summed E-state index contributed by atoms with van der Waals surface area (Å²) in [6, 6.07) is 41.5. The maximum atomic E-state index is 8.85. The third-order valence-corrected chi connectivity index (χ3v) is 15.6. The number of guanidine groups is 2. The van der Waals surface area contributed by atoms with Crippen molar-refractivity contribution in [3.05, 3.63) is 170 Å². The van der Waals surface area contributed by atoms with Crippen molar-refractivity contribution < 1.29 is 38.7 Å². The number of ether oxygens (including phenoxy) is 4. The van der Waals surface area contributed by atoms with Crippen LogP contribution < -0.4 is 35.9 Å². The van der Waals surface area contributed by atoms with E-state index in [4.69, 9.17) is 77.0 Å². The van der Waals surface area contributed by atoms with Crippen LogP contribution in [-0.2, 0) is 34.0 Å². The van der Waals surface area contributed by atoms with Gasteiger partial charge in [-0.25, -0.2) is 29.8 Å². The minimum absolute atomic E-state index is 0. The molecular formula is C58H62BBrClN7O8. The highest BCUT2D eigenvalue weighted by atomic mass is 79.9. The molecule has 0 fully saturated rings. The number of nitriles is 1. The summed E-state index contributed by atoms with van der Waals surface area (Å²) in [5, 5.41) is 30.0. The Hall–Kier alpha value is -6.78. The summed E-state index contributed by atoms with van der Waals surface area (Å²) < 4.78 is 24.5. The first-order chi connectivity index (χ1) is 36.2. The molecule has 0 aromatic heterocycles. The molecule has 0 saturated heterocycles. The number of hydrogen-bond donors (Lipinski definition) is 4. The monoisotopic (exact) mass is 1110 g/mol. The molecule has 394 valence electrons. The summed E-state index contributed by atoms with van der Waals surface area (Å²) in [7, 11) is 5.09. The van der Waals surface area contributed by atoms with Gasteiger partial charge in [0.15, 0.2) is 0 Å². The van der Waals surface area contributed by atoms with Crippen molar-refractivity contribution in [2.45, 2.75) is 94.3 Å². The predicted octanol–water partition coefficient (Wildman–Crippen LogP) is 9.58. The molecular weight excluding hydrogens is 1050 g/mol. The number of aryl methyl sites for hydroxylation is 2. The molecule has 6 atom stereocenters.